The predicted octanol–water partition coefficient (Wildman–Crippen LogP) is 2.79. The van der Waals surface area contributed by atoms with E-state index in [1.165, 1.54) is 18.0 Å². The third kappa shape index (κ3) is 3.06. The summed E-state index contributed by atoms with van der Waals surface area (Å²) in [6.07, 6.45) is 3.62. The molecule has 0 unspecified atom stereocenters. The van der Waals surface area contributed by atoms with Crippen molar-refractivity contribution in [3.05, 3.63) is 34.3 Å². The van der Waals surface area contributed by atoms with Gasteiger partial charge in [0, 0.05) is 5.75 Å². The van der Waals surface area contributed by atoms with Crippen molar-refractivity contribution in [2.75, 3.05) is 5.75 Å². The van der Waals surface area contributed by atoms with Crippen LogP contribution in [0, 0.1) is 11.3 Å². The van der Waals surface area contributed by atoms with Crippen LogP contribution in [0.5, 0.6) is 0 Å². The number of aromatic nitrogens is 2. The first kappa shape index (κ1) is 13.4. The highest BCUT2D eigenvalue weighted by Gasteiger charge is 2.15. The number of aromatic amines is 1. The highest BCUT2D eigenvalue weighted by molar-refractivity contribution is 7.99. The van der Waals surface area contributed by atoms with E-state index in [4.69, 9.17) is 9.68 Å². The first-order chi connectivity index (χ1) is 9.26. The van der Waals surface area contributed by atoms with Gasteiger partial charge in [0.05, 0.1) is 6.26 Å². The molecule has 2 rings (SSSR count). The molecule has 19 heavy (non-hydrogen) atoms. The zero-order chi connectivity index (χ0) is 13.7. The molecule has 0 radical (unpaired) electrons. The van der Waals surface area contributed by atoms with E-state index in [1.54, 1.807) is 12.1 Å². The summed E-state index contributed by atoms with van der Waals surface area (Å²) in [4.78, 5) is 18.8. The number of nitrogens with zero attached hydrogens (tertiary/aromatic N) is 2. The van der Waals surface area contributed by atoms with Crippen molar-refractivity contribution in [1.82, 2.24) is 9.97 Å². The Bertz CT molecular complexity index is 641. The largest absolute Gasteiger partial charge is 0.463 e. The molecule has 0 aliphatic heterocycles. The van der Waals surface area contributed by atoms with Crippen molar-refractivity contribution < 1.29 is 4.42 Å². The van der Waals surface area contributed by atoms with Crippen LogP contribution in [0.4, 0.5) is 0 Å². The van der Waals surface area contributed by atoms with E-state index in [0.717, 1.165) is 18.6 Å². The van der Waals surface area contributed by atoms with E-state index in [-0.39, 0.29) is 5.56 Å². The van der Waals surface area contributed by atoms with Crippen LogP contribution < -0.4 is 5.56 Å². The number of hydrogen-bond acceptors (Lipinski definition) is 5. The van der Waals surface area contributed by atoms with E-state index in [0.29, 0.717) is 16.6 Å². The van der Waals surface area contributed by atoms with Crippen LogP contribution in [0.1, 0.15) is 25.3 Å². The van der Waals surface area contributed by atoms with Crippen molar-refractivity contribution in [3.63, 3.8) is 0 Å². The highest BCUT2D eigenvalue weighted by atomic mass is 32.2. The highest BCUT2D eigenvalue weighted by Crippen LogP contribution is 2.22. The second-order valence-corrected chi connectivity index (χ2v) is 4.97. The summed E-state index contributed by atoms with van der Waals surface area (Å²) in [7, 11) is 0. The van der Waals surface area contributed by atoms with Gasteiger partial charge in [0.1, 0.15) is 17.3 Å². The van der Waals surface area contributed by atoms with Gasteiger partial charge in [0.15, 0.2) is 10.9 Å². The summed E-state index contributed by atoms with van der Waals surface area (Å²) in [5.74, 6) is 1.31. The molecule has 0 aliphatic rings. The maximum Gasteiger partial charge on any atom is 0.270 e. The van der Waals surface area contributed by atoms with E-state index in [2.05, 4.69) is 16.9 Å². The van der Waals surface area contributed by atoms with Crippen LogP contribution in [0.2, 0.25) is 0 Å². The minimum atomic E-state index is -0.428. The number of unbranched alkanes of at least 4 members (excludes halogenated alkanes) is 1. The summed E-state index contributed by atoms with van der Waals surface area (Å²) in [6.45, 7) is 2.10. The fourth-order valence-electron chi connectivity index (χ4n) is 1.53. The van der Waals surface area contributed by atoms with Crippen LogP contribution in [0.25, 0.3) is 11.5 Å². The average Bonchev–Trinajstić information content (AvgIpc) is 2.92. The van der Waals surface area contributed by atoms with Gasteiger partial charge >= 0.3 is 0 Å². The summed E-state index contributed by atoms with van der Waals surface area (Å²) in [6, 6.07) is 5.25. The molecule has 6 heteroatoms. The molecule has 0 spiro atoms. The molecular formula is C13H13N3O2S. The minimum absolute atomic E-state index is 0.0187. The molecule has 0 atom stereocenters. The van der Waals surface area contributed by atoms with E-state index in [9.17, 15) is 4.79 Å². The van der Waals surface area contributed by atoms with E-state index >= 15 is 0 Å². The van der Waals surface area contributed by atoms with Gasteiger partial charge in [-0.25, -0.2) is 4.98 Å². The molecule has 0 bridgehead atoms. The van der Waals surface area contributed by atoms with Gasteiger partial charge in [-0.2, -0.15) is 5.26 Å². The Morgan fingerprint density at radius 1 is 1.58 bits per heavy atom. The first-order valence-corrected chi connectivity index (χ1v) is 6.96. The fraction of sp³-hybridized carbons (Fsp3) is 0.308. The number of rotatable bonds is 5. The van der Waals surface area contributed by atoms with Crippen molar-refractivity contribution in [2.45, 2.75) is 24.9 Å². The van der Waals surface area contributed by atoms with Crippen LogP contribution in [-0.2, 0) is 0 Å². The smallest absolute Gasteiger partial charge is 0.270 e. The summed E-state index contributed by atoms with van der Waals surface area (Å²) in [5.41, 5.74) is -0.145. The first-order valence-electron chi connectivity index (χ1n) is 5.97. The van der Waals surface area contributed by atoms with Crippen LogP contribution in [0.15, 0.2) is 32.8 Å². The second kappa shape index (κ2) is 6.25. The third-order valence-electron chi connectivity index (χ3n) is 2.50. The number of thioether (sulfide) groups is 1. The van der Waals surface area contributed by atoms with Gasteiger partial charge in [-0.05, 0) is 18.6 Å². The molecule has 0 amide bonds. The number of hydrogen-bond donors (Lipinski definition) is 1. The normalized spacial score (nSPS) is 10.3. The standard InChI is InChI=1S/C13H13N3O2S/c1-2-3-7-19-13-15-11(10-5-4-6-18-10)9(8-14)12(17)16-13/h4-6H,2-3,7H2,1H3,(H,15,16,17). The zero-order valence-corrected chi connectivity index (χ0v) is 11.3. The SMILES string of the molecule is CCCCSc1nc(-c2ccco2)c(C#N)c(=O)[nH]1. The quantitative estimate of drug-likeness (QED) is 0.515. The molecule has 0 fully saturated rings. The lowest BCUT2D eigenvalue weighted by molar-refractivity contribution is 0.578. The minimum Gasteiger partial charge on any atom is -0.463 e. The van der Waals surface area contributed by atoms with Gasteiger partial charge in [0.25, 0.3) is 5.56 Å². The average molecular weight is 275 g/mol. The third-order valence-corrected chi connectivity index (χ3v) is 3.46. The number of H-pyrrole nitrogens is 1. The maximum atomic E-state index is 11.8. The molecule has 0 saturated carbocycles. The molecule has 5 nitrogen and oxygen atoms in total. The van der Waals surface area contributed by atoms with Gasteiger partial charge in [-0.1, -0.05) is 25.1 Å². The van der Waals surface area contributed by atoms with Crippen molar-refractivity contribution >= 4 is 11.8 Å². The fourth-order valence-corrected chi connectivity index (χ4v) is 2.48. The number of furan rings is 1. The van der Waals surface area contributed by atoms with E-state index in [1.807, 2.05) is 6.07 Å². The molecule has 2 heterocycles. The predicted molar refractivity (Wildman–Crippen MR) is 72.9 cm³/mol. The van der Waals surface area contributed by atoms with Crippen molar-refractivity contribution in [1.29, 1.82) is 5.26 Å². The zero-order valence-electron chi connectivity index (χ0n) is 10.5. The number of nitriles is 1. The van der Waals surface area contributed by atoms with Crippen LogP contribution in [0.3, 0.4) is 0 Å². The summed E-state index contributed by atoms with van der Waals surface area (Å²) in [5, 5.41) is 9.56. The maximum absolute atomic E-state index is 11.8. The topological polar surface area (TPSA) is 82.7 Å². The van der Waals surface area contributed by atoms with Gasteiger partial charge in [-0.3, -0.25) is 4.79 Å². The number of nitrogens with one attached hydrogen (secondary N) is 1. The summed E-state index contributed by atoms with van der Waals surface area (Å²) >= 11 is 1.47. The van der Waals surface area contributed by atoms with Crippen molar-refractivity contribution in [3.8, 4) is 17.5 Å². The Labute approximate surface area is 114 Å². The Hall–Kier alpha value is -2.00. The van der Waals surface area contributed by atoms with Crippen molar-refractivity contribution in [2.24, 2.45) is 0 Å². The van der Waals surface area contributed by atoms with Crippen LogP contribution >= 0.6 is 11.8 Å². The lowest BCUT2D eigenvalue weighted by Gasteiger charge is -2.03. The second-order valence-electron chi connectivity index (χ2n) is 3.89. The molecule has 0 aliphatic carbocycles. The molecule has 0 saturated heterocycles. The monoisotopic (exact) mass is 275 g/mol. The molecular weight excluding hydrogens is 262 g/mol. The molecule has 1 N–H and O–H groups in total. The molecule has 2 aromatic heterocycles. The Kier molecular flexibility index (Phi) is 4.42. The Morgan fingerprint density at radius 2 is 2.42 bits per heavy atom. The Morgan fingerprint density at radius 3 is 3.05 bits per heavy atom. The lowest BCUT2D eigenvalue weighted by atomic mass is 10.2. The van der Waals surface area contributed by atoms with Crippen LogP contribution in [-0.4, -0.2) is 15.7 Å². The van der Waals surface area contributed by atoms with Gasteiger partial charge in [0.2, 0.25) is 0 Å². The molecule has 2 aromatic rings. The van der Waals surface area contributed by atoms with Gasteiger partial charge in [-0.15, -0.1) is 0 Å². The summed E-state index contributed by atoms with van der Waals surface area (Å²) < 4.78 is 5.22. The van der Waals surface area contributed by atoms with E-state index < -0.39 is 5.56 Å². The van der Waals surface area contributed by atoms with Gasteiger partial charge < -0.3 is 9.40 Å². The molecule has 0 aromatic carbocycles. The molecule has 98 valence electrons. The Balaban J connectivity index is 2.40. The lowest BCUT2D eigenvalue weighted by Crippen LogP contribution is -2.14.